The molecule has 0 bridgehead atoms. The van der Waals surface area contributed by atoms with Crippen molar-refractivity contribution >= 4 is 30.6 Å². The van der Waals surface area contributed by atoms with Gasteiger partial charge < -0.3 is 0 Å². The number of hydrogen-bond donors (Lipinski definition) is 0. The standard InChI is InChI=1S/C21H22Se.2C2H6/c1-5-16(2)10-8-12-18(4)20-14-9-13-19-17(3)11-6-7-15-22-21(19)20;2*1-2/h5-11,13-15H,3-4,12H2,1-2H3;2*1-2H3/b10-8?,11-6-,15-7-,16-5-;;. The third-order valence-corrected chi connectivity index (χ3v) is 5.65. The molecule has 0 saturated heterocycles. The summed E-state index contributed by atoms with van der Waals surface area (Å²) >= 11 is 0.311. The van der Waals surface area contributed by atoms with E-state index >= 15 is 0 Å². The fourth-order valence-electron chi connectivity index (χ4n) is 2.20. The second-order valence-corrected chi connectivity index (χ2v) is 7.18. The van der Waals surface area contributed by atoms with E-state index in [4.69, 9.17) is 0 Å². The van der Waals surface area contributed by atoms with Gasteiger partial charge >= 0.3 is 140 Å². The quantitative estimate of drug-likeness (QED) is 0.365. The molecule has 0 spiro atoms. The molecule has 0 N–H and O–H groups in total. The molecule has 0 radical (unpaired) electrons. The van der Waals surface area contributed by atoms with E-state index in [2.05, 4.69) is 86.6 Å². The molecule has 1 aromatic carbocycles. The molecule has 140 valence electrons. The van der Waals surface area contributed by atoms with Gasteiger partial charge in [-0.1, -0.05) is 27.7 Å². The third-order valence-electron chi connectivity index (χ3n) is 3.62. The van der Waals surface area contributed by atoms with Crippen LogP contribution in [0.5, 0.6) is 0 Å². The van der Waals surface area contributed by atoms with Crippen molar-refractivity contribution in [1.29, 1.82) is 0 Å². The van der Waals surface area contributed by atoms with Crippen molar-refractivity contribution in [2.45, 2.75) is 48.0 Å². The Bertz CT molecular complexity index is 697. The zero-order valence-electron chi connectivity index (χ0n) is 17.3. The molecule has 0 saturated carbocycles. The van der Waals surface area contributed by atoms with Crippen LogP contribution >= 0.6 is 0 Å². The molecule has 1 aliphatic heterocycles. The van der Waals surface area contributed by atoms with E-state index < -0.39 is 0 Å². The average Bonchev–Trinajstić information content (AvgIpc) is 2.68. The molecular formula is C25H34Se. The Balaban J connectivity index is 0.00000146. The van der Waals surface area contributed by atoms with E-state index in [0.29, 0.717) is 15.0 Å². The molecule has 0 amide bonds. The van der Waals surface area contributed by atoms with Crippen molar-refractivity contribution in [1.82, 2.24) is 0 Å². The molecule has 1 aliphatic rings. The Morgan fingerprint density at radius 2 is 1.81 bits per heavy atom. The summed E-state index contributed by atoms with van der Waals surface area (Å²) in [4.78, 5) is 2.26. The fraction of sp³-hybridized carbons (Fsp3) is 0.280. The summed E-state index contributed by atoms with van der Waals surface area (Å²) in [5.41, 5.74) is 6.07. The van der Waals surface area contributed by atoms with Gasteiger partial charge in [0.15, 0.2) is 0 Å². The number of fused-ring (bicyclic) bond motifs is 1. The first-order chi connectivity index (χ1) is 12.6. The van der Waals surface area contributed by atoms with Gasteiger partial charge in [0.1, 0.15) is 0 Å². The van der Waals surface area contributed by atoms with E-state index in [-0.39, 0.29) is 0 Å². The van der Waals surface area contributed by atoms with Gasteiger partial charge in [0.05, 0.1) is 0 Å². The van der Waals surface area contributed by atoms with Crippen LogP contribution in [0.25, 0.3) is 11.1 Å². The maximum absolute atomic E-state index is 4.30. The minimum absolute atomic E-state index is 0.311. The van der Waals surface area contributed by atoms with E-state index in [1.165, 1.54) is 26.7 Å². The molecule has 1 aromatic rings. The van der Waals surface area contributed by atoms with Crippen LogP contribution < -0.4 is 4.46 Å². The Morgan fingerprint density at radius 1 is 1.12 bits per heavy atom. The first-order valence-corrected chi connectivity index (χ1v) is 11.3. The minimum Gasteiger partial charge on any atom is -0.0683 e. The molecule has 1 heterocycles. The SMILES string of the molecule is C=C1/C=C\C=C/[Se]c2c1cccc2C(=C)CC=C/C(C)=C\C.CC.CC. The topological polar surface area (TPSA) is 0 Å². The minimum atomic E-state index is 0.311. The van der Waals surface area contributed by atoms with Crippen LogP contribution in [0, 0.1) is 0 Å². The molecule has 26 heavy (non-hydrogen) atoms. The van der Waals surface area contributed by atoms with E-state index in [0.717, 1.165) is 12.0 Å². The Labute approximate surface area is 168 Å². The average molecular weight is 414 g/mol. The van der Waals surface area contributed by atoms with Crippen molar-refractivity contribution in [3.63, 3.8) is 0 Å². The van der Waals surface area contributed by atoms with Crippen molar-refractivity contribution in [2.75, 3.05) is 0 Å². The maximum Gasteiger partial charge on any atom is -0.0683 e. The van der Waals surface area contributed by atoms with Gasteiger partial charge in [-0.3, -0.25) is 0 Å². The van der Waals surface area contributed by atoms with Crippen LogP contribution in [0.1, 0.15) is 59.1 Å². The molecular weight excluding hydrogens is 379 g/mol. The van der Waals surface area contributed by atoms with Crippen molar-refractivity contribution in [2.24, 2.45) is 0 Å². The van der Waals surface area contributed by atoms with Gasteiger partial charge in [0, 0.05) is 0 Å². The summed E-state index contributed by atoms with van der Waals surface area (Å²) in [5.74, 6) is 0. The fourth-order valence-corrected chi connectivity index (χ4v) is 4.24. The number of rotatable bonds is 4. The van der Waals surface area contributed by atoms with Gasteiger partial charge in [-0.15, -0.1) is 0 Å². The summed E-state index contributed by atoms with van der Waals surface area (Å²) in [6.45, 7) is 20.7. The molecule has 1 heteroatoms. The zero-order chi connectivity index (χ0) is 19.9. The second-order valence-electron chi connectivity index (χ2n) is 5.26. The Hall–Kier alpha value is -1.82. The second kappa shape index (κ2) is 14.4. The van der Waals surface area contributed by atoms with E-state index in [1.807, 2.05) is 27.7 Å². The van der Waals surface area contributed by atoms with Crippen LogP contribution in [0.4, 0.5) is 0 Å². The first kappa shape index (κ1) is 24.2. The molecule has 0 unspecified atom stereocenters. The predicted molar refractivity (Wildman–Crippen MR) is 124 cm³/mol. The smallest absolute Gasteiger partial charge is 0.0683 e. The molecule has 0 aliphatic carbocycles. The third kappa shape index (κ3) is 7.60. The molecule has 0 fully saturated rings. The monoisotopic (exact) mass is 414 g/mol. The number of allylic oxidation sites excluding steroid dienone is 9. The number of benzene rings is 1. The van der Waals surface area contributed by atoms with Gasteiger partial charge in [0.25, 0.3) is 0 Å². The number of hydrogen-bond acceptors (Lipinski definition) is 0. The van der Waals surface area contributed by atoms with Gasteiger partial charge in [-0.25, -0.2) is 0 Å². The van der Waals surface area contributed by atoms with Crippen LogP contribution in [-0.2, 0) is 0 Å². The maximum atomic E-state index is 4.30. The van der Waals surface area contributed by atoms with Crippen LogP contribution in [0.2, 0.25) is 0 Å². The molecule has 2 rings (SSSR count). The van der Waals surface area contributed by atoms with Crippen molar-refractivity contribution in [3.8, 4) is 0 Å². The largest absolute Gasteiger partial charge is 0.0683 e. The van der Waals surface area contributed by atoms with Gasteiger partial charge in [0.2, 0.25) is 0 Å². The van der Waals surface area contributed by atoms with Crippen molar-refractivity contribution < 1.29 is 0 Å². The molecule has 0 atom stereocenters. The van der Waals surface area contributed by atoms with Crippen LogP contribution in [0.15, 0.2) is 78.4 Å². The normalized spacial score (nSPS) is 15.5. The Morgan fingerprint density at radius 3 is 2.46 bits per heavy atom. The predicted octanol–water partition coefficient (Wildman–Crippen LogP) is 7.09. The first-order valence-electron chi connectivity index (χ1n) is 9.43. The summed E-state index contributed by atoms with van der Waals surface area (Å²) in [6.07, 6.45) is 13.6. The summed E-state index contributed by atoms with van der Waals surface area (Å²) < 4.78 is 1.39. The van der Waals surface area contributed by atoms with Crippen LogP contribution in [0.3, 0.4) is 0 Å². The van der Waals surface area contributed by atoms with E-state index in [1.54, 1.807) is 0 Å². The zero-order valence-corrected chi connectivity index (χ0v) is 19.0. The van der Waals surface area contributed by atoms with Crippen molar-refractivity contribution in [3.05, 3.63) is 89.5 Å². The molecule has 0 nitrogen and oxygen atoms in total. The van der Waals surface area contributed by atoms with Crippen LogP contribution in [-0.4, -0.2) is 15.0 Å². The molecule has 0 aromatic heterocycles. The Kier molecular flexibility index (Phi) is 13.4. The summed E-state index contributed by atoms with van der Waals surface area (Å²) in [7, 11) is 0. The van der Waals surface area contributed by atoms with E-state index in [9.17, 15) is 0 Å². The van der Waals surface area contributed by atoms with Gasteiger partial charge in [-0.05, 0) is 0 Å². The van der Waals surface area contributed by atoms with Gasteiger partial charge in [-0.2, -0.15) is 0 Å². The summed E-state index contributed by atoms with van der Waals surface area (Å²) in [6, 6.07) is 6.46. The summed E-state index contributed by atoms with van der Waals surface area (Å²) in [5, 5.41) is 0.